The second kappa shape index (κ2) is 7.08. The van der Waals surface area contributed by atoms with E-state index in [4.69, 9.17) is 9.84 Å². The maximum atomic E-state index is 12.2. The van der Waals surface area contributed by atoms with Crippen LogP contribution in [0.4, 0.5) is 5.69 Å². The van der Waals surface area contributed by atoms with Gasteiger partial charge < -0.3 is 20.5 Å². The number of carbonyl (C=O) groups is 2. The van der Waals surface area contributed by atoms with Crippen molar-refractivity contribution in [2.24, 2.45) is 0 Å². The van der Waals surface area contributed by atoms with Crippen LogP contribution in [0.3, 0.4) is 0 Å². The number of carbonyl (C=O) groups excluding carboxylic acids is 1. The molecular weight excluding hydrogens is 272 g/mol. The zero-order valence-corrected chi connectivity index (χ0v) is 12.0. The van der Waals surface area contributed by atoms with Crippen LogP contribution >= 0.6 is 0 Å². The summed E-state index contributed by atoms with van der Waals surface area (Å²) in [4.78, 5) is 23.4. The fourth-order valence-electron chi connectivity index (χ4n) is 2.42. The molecule has 0 bridgehead atoms. The van der Waals surface area contributed by atoms with Gasteiger partial charge in [0.15, 0.2) is 0 Å². The normalized spacial score (nSPS) is 17.7. The highest BCUT2D eigenvalue weighted by molar-refractivity contribution is 5.90. The summed E-state index contributed by atoms with van der Waals surface area (Å²) >= 11 is 0. The lowest BCUT2D eigenvalue weighted by molar-refractivity contribution is -0.142. The second-order valence-corrected chi connectivity index (χ2v) is 5.09. The van der Waals surface area contributed by atoms with Crippen LogP contribution in [-0.4, -0.2) is 42.8 Å². The van der Waals surface area contributed by atoms with Gasteiger partial charge >= 0.3 is 5.97 Å². The molecule has 2 atom stereocenters. The number of methoxy groups -OCH3 is 1. The van der Waals surface area contributed by atoms with Gasteiger partial charge in [-0.15, -0.1) is 0 Å². The van der Waals surface area contributed by atoms with E-state index in [-0.39, 0.29) is 5.91 Å². The van der Waals surface area contributed by atoms with Crippen molar-refractivity contribution in [3.05, 3.63) is 29.8 Å². The van der Waals surface area contributed by atoms with Gasteiger partial charge in [0.2, 0.25) is 5.91 Å². The number of hydrogen-bond acceptors (Lipinski definition) is 4. The number of carboxylic acids is 1. The van der Waals surface area contributed by atoms with E-state index in [0.717, 1.165) is 11.3 Å². The largest absolute Gasteiger partial charge is 0.480 e. The number of benzene rings is 1. The van der Waals surface area contributed by atoms with Gasteiger partial charge in [0.05, 0.1) is 0 Å². The zero-order valence-electron chi connectivity index (χ0n) is 12.0. The van der Waals surface area contributed by atoms with E-state index >= 15 is 0 Å². The Hall–Kier alpha value is -2.08. The van der Waals surface area contributed by atoms with Gasteiger partial charge in [0.1, 0.15) is 12.1 Å². The molecule has 1 amide bonds. The minimum atomic E-state index is -1.02. The first-order chi connectivity index (χ1) is 10.1. The maximum Gasteiger partial charge on any atom is 0.326 e. The van der Waals surface area contributed by atoms with Crippen LogP contribution in [0.2, 0.25) is 0 Å². The van der Waals surface area contributed by atoms with Crippen molar-refractivity contribution in [3.63, 3.8) is 0 Å². The number of anilines is 1. The molecule has 0 spiro atoms. The van der Waals surface area contributed by atoms with Crippen molar-refractivity contribution in [1.82, 2.24) is 5.32 Å². The molecule has 1 heterocycles. The SMILES string of the molecule is COCCCC(NC(=O)C1Cc2ccccc2N1)C(=O)O. The molecule has 0 aromatic heterocycles. The first kappa shape index (κ1) is 15.3. The topological polar surface area (TPSA) is 87.7 Å². The predicted octanol–water partition coefficient (Wildman–Crippen LogP) is 1.02. The molecule has 3 N–H and O–H groups in total. The van der Waals surface area contributed by atoms with E-state index in [2.05, 4.69) is 10.6 Å². The van der Waals surface area contributed by atoms with Gasteiger partial charge in [-0.25, -0.2) is 4.79 Å². The average Bonchev–Trinajstić information content (AvgIpc) is 2.90. The average molecular weight is 292 g/mol. The van der Waals surface area contributed by atoms with Crippen LogP contribution in [0.5, 0.6) is 0 Å². The quantitative estimate of drug-likeness (QED) is 0.653. The third-order valence-corrected chi connectivity index (χ3v) is 3.54. The molecule has 21 heavy (non-hydrogen) atoms. The van der Waals surface area contributed by atoms with Gasteiger partial charge in [-0.05, 0) is 24.5 Å². The Labute approximate surface area is 123 Å². The van der Waals surface area contributed by atoms with Gasteiger partial charge in [-0.3, -0.25) is 4.79 Å². The lowest BCUT2D eigenvalue weighted by atomic mass is 10.1. The number of hydrogen-bond donors (Lipinski definition) is 3. The lowest BCUT2D eigenvalue weighted by Crippen LogP contribution is -2.47. The minimum absolute atomic E-state index is 0.281. The summed E-state index contributed by atoms with van der Waals surface area (Å²) in [5.41, 5.74) is 2.01. The Bertz CT molecular complexity index is 493. The molecule has 6 nitrogen and oxygen atoms in total. The van der Waals surface area contributed by atoms with Gasteiger partial charge in [0, 0.05) is 25.8 Å². The smallest absolute Gasteiger partial charge is 0.326 e. The Kier molecular flexibility index (Phi) is 5.16. The van der Waals surface area contributed by atoms with E-state index in [1.54, 1.807) is 7.11 Å². The summed E-state index contributed by atoms with van der Waals surface area (Å²) in [5.74, 6) is -1.30. The number of rotatable bonds is 7. The molecule has 0 fully saturated rings. The van der Waals surface area contributed by atoms with Crippen molar-refractivity contribution in [2.75, 3.05) is 19.0 Å². The molecular formula is C15H20N2O4. The van der Waals surface area contributed by atoms with Crippen molar-refractivity contribution in [3.8, 4) is 0 Å². The Morgan fingerprint density at radius 2 is 2.24 bits per heavy atom. The molecule has 1 aromatic rings. The van der Waals surface area contributed by atoms with Crippen LogP contribution in [0, 0.1) is 0 Å². The number of carboxylic acid groups (broad SMARTS) is 1. The lowest BCUT2D eigenvalue weighted by Gasteiger charge is -2.17. The summed E-state index contributed by atoms with van der Waals surface area (Å²) in [6, 6.07) is 6.41. The molecule has 114 valence electrons. The van der Waals surface area contributed by atoms with Crippen molar-refractivity contribution >= 4 is 17.6 Å². The van der Waals surface area contributed by atoms with Gasteiger partial charge in [-0.2, -0.15) is 0 Å². The summed E-state index contributed by atoms with van der Waals surface area (Å²) in [6.45, 7) is 0.479. The highest BCUT2D eigenvalue weighted by Gasteiger charge is 2.29. The van der Waals surface area contributed by atoms with Crippen LogP contribution in [0.1, 0.15) is 18.4 Å². The first-order valence-electron chi connectivity index (χ1n) is 6.98. The summed E-state index contributed by atoms with van der Waals surface area (Å²) in [6.07, 6.45) is 1.52. The third-order valence-electron chi connectivity index (χ3n) is 3.54. The molecule has 2 rings (SSSR count). The highest BCUT2D eigenvalue weighted by Crippen LogP contribution is 2.25. The third kappa shape index (κ3) is 3.95. The summed E-state index contributed by atoms with van der Waals surface area (Å²) in [7, 11) is 1.56. The van der Waals surface area contributed by atoms with Gasteiger partial charge in [0.25, 0.3) is 0 Å². The molecule has 0 saturated heterocycles. The predicted molar refractivity (Wildman–Crippen MR) is 78.2 cm³/mol. The van der Waals surface area contributed by atoms with E-state index in [9.17, 15) is 9.59 Å². The number of fused-ring (bicyclic) bond motifs is 1. The van der Waals surface area contributed by atoms with E-state index in [1.807, 2.05) is 24.3 Å². The molecule has 6 heteroatoms. The first-order valence-corrected chi connectivity index (χ1v) is 6.98. The fourth-order valence-corrected chi connectivity index (χ4v) is 2.42. The molecule has 0 aliphatic carbocycles. The highest BCUT2D eigenvalue weighted by atomic mass is 16.5. The van der Waals surface area contributed by atoms with Gasteiger partial charge in [-0.1, -0.05) is 18.2 Å². The van der Waals surface area contributed by atoms with Crippen LogP contribution in [-0.2, 0) is 20.7 Å². The Balaban J connectivity index is 1.90. The fraction of sp³-hybridized carbons (Fsp3) is 0.467. The Morgan fingerprint density at radius 1 is 1.48 bits per heavy atom. The standard InChI is InChI=1S/C15H20N2O4/c1-21-8-4-7-12(15(19)20)17-14(18)13-9-10-5-2-3-6-11(10)16-13/h2-3,5-6,12-13,16H,4,7-9H2,1H3,(H,17,18)(H,19,20). The number of amides is 1. The summed E-state index contributed by atoms with van der Waals surface area (Å²) < 4.78 is 4.90. The second-order valence-electron chi connectivity index (χ2n) is 5.09. The van der Waals surface area contributed by atoms with Crippen LogP contribution in [0.15, 0.2) is 24.3 Å². The van der Waals surface area contributed by atoms with E-state index in [1.165, 1.54) is 0 Å². The molecule has 1 aliphatic rings. The molecule has 1 aromatic carbocycles. The van der Waals surface area contributed by atoms with E-state index in [0.29, 0.717) is 25.9 Å². The van der Waals surface area contributed by atoms with Crippen molar-refractivity contribution in [2.45, 2.75) is 31.3 Å². The number of para-hydroxylation sites is 1. The molecule has 1 aliphatic heterocycles. The molecule has 2 unspecified atom stereocenters. The number of aliphatic carboxylic acids is 1. The maximum absolute atomic E-state index is 12.2. The summed E-state index contributed by atoms with van der Waals surface area (Å²) in [5, 5.41) is 14.9. The molecule has 0 radical (unpaired) electrons. The Morgan fingerprint density at radius 3 is 2.90 bits per heavy atom. The minimum Gasteiger partial charge on any atom is -0.480 e. The molecule has 0 saturated carbocycles. The van der Waals surface area contributed by atoms with E-state index < -0.39 is 18.1 Å². The number of ether oxygens (including phenoxy) is 1. The van der Waals surface area contributed by atoms with Crippen molar-refractivity contribution < 1.29 is 19.4 Å². The van der Waals surface area contributed by atoms with Crippen LogP contribution < -0.4 is 10.6 Å². The van der Waals surface area contributed by atoms with Crippen LogP contribution in [0.25, 0.3) is 0 Å². The monoisotopic (exact) mass is 292 g/mol. The number of nitrogens with one attached hydrogen (secondary N) is 2. The van der Waals surface area contributed by atoms with Crippen molar-refractivity contribution in [1.29, 1.82) is 0 Å². The zero-order chi connectivity index (χ0) is 15.2.